The molecule has 0 spiro atoms. The second-order valence-corrected chi connectivity index (χ2v) is 16.0. The molecule has 4 heterocycles. The summed E-state index contributed by atoms with van der Waals surface area (Å²) in [6.45, 7) is 0. The molecule has 13 aromatic rings. The van der Waals surface area contributed by atoms with Crippen molar-refractivity contribution in [3.05, 3.63) is 218 Å². The molecule has 0 atom stereocenters. The summed E-state index contributed by atoms with van der Waals surface area (Å²) in [5.74, 6) is 1.78. The van der Waals surface area contributed by atoms with Gasteiger partial charge in [0.05, 0.1) is 33.1 Å². The molecule has 13 rings (SSSR count). The molecular weight excluding hydrogens is 769 g/mol. The summed E-state index contributed by atoms with van der Waals surface area (Å²) >= 11 is 0. The Kier molecular flexibility index (Phi) is 7.80. The average molecular weight is 805 g/mol. The molecule has 63 heavy (non-hydrogen) atoms. The van der Waals surface area contributed by atoms with Crippen LogP contribution in [0.2, 0.25) is 0 Å². The van der Waals surface area contributed by atoms with Gasteiger partial charge in [0.25, 0.3) is 0 Å². The number of nitrogens with zero attached hydrogens (tertiary/aromatic N) is 6. The van der Waals surface area contributed by atoms with Gasteiger partial charge in [-0.15, -0.1) is 0 Å². The Hall–Kier alpha value is -8.61. The molecule has 0 aliphatic rings. The highest BCUT2D eigenvalue weighted by Gasteiger charge is 2.23. The van der Waals surface area contributed by atoms with Crippen molar-refractivity contribution in [1.82, 2.24) is 28.7 Å². The summed E-state index contributed by atoms with van der Waals surface area (Å²) in [5, 5.41) is 7.07. The molecule has 0 aliphatic carbocycles. The number of para-hydroxylation sites is 4. The van der Waals surface area contributed by atoms with Crippen LogP contribution in [0, 0.1) is 0 Å². The van der Waals surface area contributed by atoms with E-state index in [9.17, 15) is 0 Å². The lowest BCUT2D eigenvalue weighted by molar-refractivity contribution is 0.953. The predicted octanol–water partition coefficient (Wildman–Crippen LogP) is 14.2. The van der Waals surface area contributed by atoms with Crippen LogP contribution in [0.25, 0.3) is 117 Å². The van der Waals surface area contributed by atoms with Crippen LogP contribution >= 0.6 is 0 Å². The van der Waals surface area contributed by atoms with Crippen molar-refractivity contribution in [2.75, 3.05) is 0 Å². The fourth-order valence-corrected chi connectivity index (χ4v) is 9.72. The highest BCUT2D eigenvalue weighted by atomic mass is 15.2. The third kappa shape index (κ3) is 5.48. The maximum Gasteiger partial charge on any atom is 0.238 e. The van der Waals surface area contributed by atoms with Crippen LogP contribution < -0.4 is 0 Å². The van der Waals surface area contributed by atoms with E-state index in [4.69, 9.17) is 15.0 Å². The lowest BCUT2D eigenvalue weighted by Gasteiger charge is -2.12. The van der Waals surface area contributed by atoms with Crippen molar-refractivity contribution < 1.29 is 0 Å². The van der Waals surface area contributed by atoms with E-state index in [1.165, 1.54) is 38.1 Å². The molecule has 0 unspecified atom stereocenters. The maximum absolute atomic E-state index is 5.40. The van der Waals surface area contributed by atoms with E-state index in [1.807, 2.05) is 18.2 Å². The zero-order valence-electron chi connectivity index (χ0n) is 34.0. The van der Waals surface area contributed by atoms with Crippen LogP contribution in [-0.2, 0) is 0 Å². The van der Waals surface area contributed by atoms with Crippen LogP contribution in [-0.4, -0.2) is 28.7 Å². The van der Waals surface area contributed by atoms with E-state index in [2.05, 4.69) is 214 Å². The second-order valence-electron chi connectivity index (χ2n) is 16.0. The predicted molar refractivity (Wildman–Crippen MR) is 259 cm³/mol. The number of fused-ring (bicyclic) bond motifs is 10. The molecule has 9 aromatic carbocycles. The minimum absolute atomic E-state index is 0.563. The van der Waals surface area contributed by atoms with E-state index >= 15 is 0 Å². The molecule has 6 heteroatoms. The molecule has 6 nitrogen and oxygen atoms in total. The Bertz CT molecular complexity index is 3880. The first kappa shape index (κ1) is 35.2. The van der Waals surface area contributed by atoms with Gasteiger partial charge in [-0.25, -0.2) is 4.98 Å². The van der Waals surface area contributed by atoms with Gasteiger partial charge >= 0.3 is 0 Å². The summed E-state index contributed by atoms with van der Waals surface area (Å²) in [6.07, 6.45) is 0. The Labute approximate surface area is 362 Å². The van der Waals surface area contributed by atoms with Gasteiger partial charge in [-0.2, -0.15) is 9.97 Å². The zero-order chi connectivity index (χ0) is 41.4. The van der Waals surface area contributed by atoms with Crippen molar-refractivity contribution >= 4 is 65.4 Å². The van der Waals surface area contributed by atoms with Crippen molar-refractivity contribution in [2.24, 2.45) is 0 Å². The fourth-order valence-electron chi connectivity index (χ4n) is 9.72. The molecule has 294 valence electrons. The van der Waals surface area contributed by atoms with E-state index in [-0.39, 0.29) is 0 Å². The van der Waals surface area contributed by atoms with Crippen LogP contribution in [0.1, 0.15) is 0 Å². The highest BCUT2D eigenvalue weighted by molar-refractivity contribution is 6.28. The van der Waals surface area contributed by atoms with Gasteiger partial charge in [-0.05, 0) is 71.8 Å². The van der Waals surface area contributed by atoms with E-state index in [1.54, 1.807) is 0 Å². The van der Waals surface area contributed by atoms with Gasteiger partial charge in [0.2, 0.25) is 5.95 Å². The first-order chi connectivity index (χ1) is 31.3. The summed E-state index contributed by atoms with van der Waals surface area (Å²) in [7, 11) is 0. The molecule has 0 bridgehead atoms. The third-order valence-electron chi connectivity index (χ3n) is 12.5. The van der Waals surface area contributed by atoms with Crippen molar-refractivity contribution in [1.29, 1.82) is 0 Å². The first-order valence-corrected chi connectivity index (χ1v) is 21.3. The number of benzene rings is 9. The molecular formula is C57H36N6. The summed E-state index contributed by atoms with van der Waals surface area (Å²) < 4.78 is 6.95. The van der Waals surface area contributed by atoms with Gasteiger partial charge < -0.3 is 9.13 Å². The van der Waals surface area contributed by atoms with Crippen LogP contribution in [0.5, 0.6) is 0 Å². The lowest BCUT2D eigenvalue weighted by Crippen LogP contribution is -2.06. The normalized spacial score (nSPS) is 11.8. The van der Waals surface area contributed by atoms with Crippen LogP contribution in [0.15, 0.2) is 218 Å². The summed E-state index contributed by atoms with van der Waals surface area (Å²) in [4.78, 5) is 15.9. The molecule has 0 amide bonds. The van der Waals surface area contributed by atoms with Gasteiger partial charge in [-0.3, -0.25) is 4.57 Å². The first-order valence-electron chi connectivity index (χ1n) is 21.3. The summed E-state index contributed by atoms with van der Waals surface area (Å²) in [5.41, 5.74) is 13.0. The minimum Gasteiger partial charge on any atom is -0.309 e. The number of hydrogen-bond acceptors (Lipinski definition) is 3. The van der Waals surface area contributed by atoms with Crippen LogP contribution in [0.4, 0.5) is 0 Å². The molecule has 0 saturated heterocycles. The number of hydrogen-bond donors (Lipinski definition) is 0. The van der Waals surface area contributed by atoms with Gasteiger partial charge in [0, 0.05) is 54.8 Å². The van der Waals surface area contributed by atoms with Crippen LogP contribution in [0.3, 0.4) is 0 Å². The smallest absolute Gasteiger partial charge is 0.238 e. The molecule has 0 N–H and O–H groups in total. The monoisotopic (exact) mass is 804 g/mol. The van der Waals surface area contributed by atoms with Crippen molar-refractivity contribution in [3.8, 4) is 51.2 Å². The molecule has 0 fully saturated rings. The Morgan fingerprint density at radius 3 is 1.33 bits per heavy atom. The second kappa shape index (κ2) is 14.0. The highest BCUT2D eigenvalue weighted by Crippen LogP contribution is 2.42. The lowest BCUT2D eigenvalue weighted by atomic mass is 10.1. The average Bonchev–Trinajstić information content (AvgIpc) is 4.00. The molecule has 4 aromatic heterocycles. The number of aromatic nitrogens is 6. The van der Waals surface area contributed by atoms with Crippen molar-refractivity contribution in [3.63, 3.8) is 0 Å². The van der Waals surface area contributed by atoms with Gasteiger partial charge in [0.15, 0.2) is 11.6 Å². The molecule has 0 saturated carbocycles. The SMILES string of the molecule is c1ccc(-c2ccc(-n3c4ccccc4c4ccc(-c5nc(-c6ccccc6)nc(-n6c7ccccc7c7c8c9ccccc9n(-c9ccccc9)c8ccc76)n5)cc43)cc2)cc1. The van der Waals surface area contributed by atoms with Gasteiger partial charge in [-0.1, -0.05) is 158 Å². The van der Waals surface area contributed by atoms with E-state index in [0.717, 1.165) is 61.0 Å². The Morgan fingerprint density at radius 2 is 0.683 bits per heavy atom. The van der Waals surface area contributed by atoms with Crippen molar-refractivity contribution in [2.45, 2.75) is 0 Å². The van der Waals surface area contributed by atoms with E-state index < -0.39 is 0 Å². The largest absolute Gasteiger partial charge is 0.309 e. The Morgan fingerprint density at radius 1 is 0.254 bits per heavy atom. The molecule has 0 radical (unpaired) electrons. The van der Waals surface area contributed by atoms with Gasteiger partial charge in [0.1, 0.15) is 0 Å². The Balaban J connectivity index is 1.05. The number of rotatable bonds is 6. The minimum atomic E-state index is 0.563. The topological polar surface area (TPSA) is 53.5 Å². The summed E-state index contributed by atoms with van der Waals surface area (Å²) in [6, 6.07) is 77.3. The zero-order valence-corrected chi connectivity index (χ0v) is 34.0. The maximum atomic E-state index is 5.40. The third-order valence-corrected chi connectivity index (χ3v) is 12.5. The standard InChI is InChI=1S/C57H36N6/c1-4-16-37(17-5-1)38-28-31-42(32-29-38)62-47-25-13-10-22-43(47)44-33-30-40(36-52(44)62)56-58-55(39-18-6-2-7-19-39)59-57(60-56)63-49-27-15-12-24-46(49)54-51(63)35-34-50-53(54)45-23-11-14-26-48(45)61(50)41-20-8-3-9-21-41/h1-36H. The fraction of sp³-hybridized carbons (Fsp3) is 0. The van der Waals surface area contributed by atoms with E-state index in [0.29, 0.717) is 17.6 Å². The molecule has 0 aliphatic heterocycles. The quantitative estimate of drug-likeness (QED) is 0.168.